The fourth-order valence-corrected chi connectivity index (χ4v) is 3.36. The Morgan fingerprint density at radius 1 is 1.29 bits per heavy atom. The molecule has 1 amide bonds. The molecule has 0 bridgehead atoms. The van der Waals surface area contributed by atoms with Crippen LogP contribution in [0, 0.1) is 12.8 Å². The number of carboxylic acids is 1. The van der Waals surface area contributed by atoms with Crippen LogP contribution in [0.25, 0.3) is 0 Å². The lowest BCUT2D eigenvalue weighted by molar-refractivity contribution is -0.143. The lowest BCUT2D eigenvalue weighted by Crippen LogP contribution is -2.44. The van der Waals surface area contributed by atoms with Crippen LogP contribution in [0.5, 0.6) is 0 Å². The molecule has 21 heavy (non-hydrogen) atoms. The van der Waals surface area contributed by atoms with E-state index in [1.807, 2.05) is 0 Å². The smallest absolute Gasteiger partial charge is 0.308 e. The maximum Gasteiger partial charge on any atom is 0.308 e. The van der Waals surface area contributed by atoms with E-state index in [0.29, 0.717) is 17.5 Å². The van der Waals surface area contributed by atoms with E-state index in [4.69, 9.17) is 4.42 Å². The number of aryl methyl sites for hydroxylation is 1. The third-order valence-electron chi connectivity index (χ3n) is 3.99. The molecule has 6 heteroatoms. The van der Waals surface area contributed by atoms with E-state index in [9.17, 15) is 14.7 Å². The summed E-state index contributed by atoms with van der Waals surface area (Å²) in [7, 11) is 0. The highest BCUT2D eigenvalue weighted by Gasteiger charge is 2.31. The minimum absolute atomic E-state index is 0.244. The lowest BCUT2D eigenvalue weighted by Gasteiger charge is -2.27. The van der Waals surface area contributed by atoms with Crippen LogP contribution in [0.1, 0.15) is 54.6 Å². The maximum absolute atomic E-state index is 12.3. The molecule has 0 spiro atoms. The molecule has 1 aromatic heterocycles. The Kier molecular flexibility index (Phi) is 5.45. The minimum Gasteiger partial charge on any atom is -0.481 e. The van der Waals surface area contributed by atoms with Gasteiger partial charge in [-0.15, -0.1) is 0 Å². The van der Waals surface area contributed by atoms with Crippen molar-refractivity contribution in [1.29, 1.82) is 0 Å². The van der Waals surface area contributed by atoms with E-state index in [-0.39, 0.29) is 17.7 Å². The van der Waals surface area contributed by atoms with Gasteiger partial charge in [0, 0.05) is 11.6 Å². The molecule has 0 saturated heterocycles. The van der Waals surface area contributed by atoms with Crippen molar-refractivity contribution in [3.63, 3.8) is 0 Å². The first kappa shape index (κ1) is 16.1. The van der Waals surface area contributed by atoms with Crippen LogP contribution in [-0.2, 0) is 4.79 Å². The summed E-state index contributed by atoms with van der Waals surface area (Å²) in [4.78, 5) is 23.7. The van der Waals surface area contributed by atoms with Gasteiger partial charge < -0.3 is 14.8 Å². The van der Waals surface area contributed by atoms with Crippen molar-refractivity contribution >= 4 is 27.8 Å². The summed E-state index contributed by atoms with van der Waals surface area (Å²) in [6.45, 7) is 1.79. The molecule has 1 fully saturated rings. The van der Waals surface area contributed by atoms with E-state index in [2.05, 4.69) is 21.2 Å². The molecule has 1 heterocycles. The van der Waals surface area contributed by atoms with Crippen LogP contribution < -0.4 is 5.32 Å². The number of halogens is 1. The van der Waals surface area contributed by atoms with Gasteiger partial charge in [0.05, 0.1) is 5.92 Å². The summed E-state index contributed by atoms with van der Waals surface area (Å²) in [6.07, 6.45) is 5.30. The van der Waals surface area contributed by atoms with E-state index >= 15 is 0 Å². The monoisotopic (exact) mass is 357 g/mol. The summed E-state index contributed by atoms with van der Waals surface area (Å²) in [5.74, 6) is -1.45. The van der Waals surface area contributed by atoms with Gasteiger partial charge in [0.2, 0.25) is 0 Å². The molecule has 2 unspecified atom stereocenters. The summed E-state index contributed by atoms with van der Waals surface area (Å²) >= 11 is 3.19. The topological polar surface area (TPSA) is 79.5 Å². The number of hydrogen-bond donors (Lipinski definition) is 2. The number of carbonyl (C=O) groups is 2. The van der Waals surface area contributed by atoms with Crippen molar-refractivity contribution in [3.05, 3.63) is 22.1 Å². The summed E-state index contributed by atoms with van der Waals surface area (Å²) in [5, 5.41) is 12.2. The Hall–Kier alpha value is -1.30. The Bertz CT molecular complexity index is 526. The SMILES string of the molecule is Cc1cc(Br)oc1C(=O)NC1CCCCCCC1C(=O)O. The normalized spacial score (nSPS) is 23.1. The highest BCUT2D eigenvalue weighted by Crippen LogP contribution is 2.25. The number of rotatable bonds is 3. The third kappa shape index (κ3) is 4.09. The molecular formula is C15H20BrNO4. The number of carboxylic acid groups (broad SMARTS) is 1. The van der Waals surface area contributed by atoms with Crippen LogP contribution in [0.4, 0.5) is 0 Å². The van der Waals surface area contributed by atoms with Gasteiger partial charge in [0.1, 0.15) is 0 Å². The van der Waals surface area contributed by atoms with Gasteiger partial charge in [-0.1, -0.05) is 25.7 Å². The van der Waals surface area contributed by atoms with Crippen LogP contribution in [0.2, 0.25) is 0 Å². The zero-order valence-electron chi connectivity index (χ0n) is 12.0. The number of aliphatic carboxylic acids is 1. The Balaban J connectivity index is 2.11. The molecule has 0 radical (unpaired) electrons. The molecule has 5 nitrogen and oxygen atoms in total. The maximum atomic E-state index is 12.3. The summed E-state index contributed by atoms with van der Waals surface area (Å²) < 4.78 is 5.82. The molecule has 0 aliphatic heterocycles. The largest absolute Gasteiger partial charge is 0.481 e. The van der Waals surface area contributed by atoms with Gasteiger partial charge >= 0.3 is 5.97 Å². The lowest BCUT2D eigenvalue weighted by atomic mass is 9.86. The van der Waals surface area contributed by atoms with Gasteiger partial charge in [-0.2, -0.15) is 0 Å². The highest BCUT2D eigenvalue weighted by atomic mass is 79.9. The molecule has 1 saturated carbocycles. The zero-order chi connectivity index (χ0) is 15.4. The molecule has 1 aliphatic carbocycles. The molecule has 2 rings (SSSR count). The molecule has 116 valence electrons. The summed E-state index contributed by atoms with van der Waals surface area (Å²) in [5.41, 5.74) is 0.733. The van der Waals surface area contributed by atoms with Crippen molar-refractivity contribution in [2.24, 2.45) is 5.92 Å². The second kappa shape index (κ2) is 7.11. The van der Waals surface area contributed by atoms with Gasteiger partial charge in [-0.3, -0.25) is 9.59 Å². The van der Waals surface area contributed by atoms with Crippen LogP contribution in [0.15, 0.2) is 15.2 Å². The second-order valence-corrected chi connectivity index (χ2v) is 6.36. The highest BCUT2D eigenvalue weighted by molar-refractivity contribution is 9.10. The second-order valence-electron chi connectivity index (χ2n) is 5.58. The molecular weight excluding hydrogens is 338 g/mol. The first-order valence-corrected chi connectivity index (χ1v) is 8.08. The standard InChI is InChI=1S/C15H20BrNO4/c1-9-8-12(16)21-13(9)14(18)17-11-7-5-3-2-4-6-10(11)15(19)20/h8,10-11H,2-7H2,1H3,(H,17,18)(H,19,20). The molecule has 1 aliphatic rings. The molecule has 1 aromatic rings. The molecule has 0 aromatic carbocycles. The van der Waals surface area contributed by atoms with E-state index in [1.54, 1.807) is 13.0 Å². The fourth-order valence-electron chi connectivity index (χ4n) is 2.86. The average molecular weight is 358 g/mol. The van der Waals surface area contributed by atoms with E-state index in [0.717, 1.165) is 31.2 Å². The Labute approximate surface area is 132 Å². The van der Waals surface area contributed by atoms with Crippen molar-refractivity contribution in [2.45, 2.75) is 51.5 Å². The number of nitrogens with one attached hydrogen (secondary N) is 1. The van der Waals surface area contributed by atoms with Crippen LogP contribution in [0.3, 0.4) is 0 Å². The quantitative estimate of drug-likeness (QED) is 0.867. The number of carbonyl (C=O) groups excluding carboxylic acids is 1. The average Bonchev–Trinajstić information content (AvgIpc) is 2.71. The van der Waals surface area contributed by atoms with Gasteiger partial charge in [0.15, 0.2) is 10.4 Å². The van der Waals surface area contributed by atoms with Crippen molar-refractivity contribution in [2.75, 3.05) is 0 Å². The minimum atomic E-state index is -0.834. The van der Waals surface area contributed by atoms with Gasteiger partial charge in [-0.25, -0.2) is 0 Å². The van der Waals surface area contributed by atoms with Crippen LogP contribution in [-0.4, -0.2) is 23.0 Å². The van der Waals surface area contributed by atoms with Gasteiger partial charge in [0.25, 0.3) is 5.91 Å². The Morgan fingerprint density at radius 2 is 1.95 bits per heavy atom. The first-order chi connectivity index (χ1) is 9.99. The van der Waals surface area contributed by atoms with Gasteiger partial charge in [-0.05, 0) is 41.8 Å². The number of furan rings is 1. The predicted octanol–water partition coefficient (Wildman–Crippen LogP) is 3.50. The number of amides is 1. The number of hydrogen-bond acceptors (Lipinski definition) is 3. The summed E-state index contributed by atoms with van der Waals surface area (Å²) in [6, 6.07) is 1.39. The predicted molar refractivity (Wildman–Crippen MR) is 81.2 cm³/mol. The van der Waals surface area contributed by atoms with Crippen LogP contribution >= 0.6 is 15.9 Å². The fraction of sp³-hybridized carbons (Fsp3) is 0.600. The van der Waals surface area contributed by atoms with E-state index in [1.165, 1.54) is 0 Å². The first-order valence-electron chi connectivity index (χ1n) is 7.28. The Morgan fingerprint density at radius 3 is 2.52 bits per heavy atom. The zero-order valence-corrected chi connectivity index (χ0v) is 13.6. The van der Waals surface area contributed by atoms with Crippen molar-refractivity contribution in [1.82, 2.24) is 5.32 Å². The third-order valence-corrected chi connectivity index (χ3v) is 4.38. The van der Waals surface area contributed by atoms with Crippen molar-refractivity contribution < 1.29 is 19.1 Å². The van der Waals surface area contributed by atoms with E-state index < -0.39 is 11.9 Å². The molecule has 2 atom stereocenters. The van der Waals surface area contributed by atoms with Crippen molar-refractivity contribution in [3.8, 4) is 0 Å². The molecule has 2 N–H and O–H groups in total.